The molecule has 1 aromatic heterocycles. The molecule has 0 radical (unpaired) electrons. The fourth-order valence-electron chi connectivity index (χ4n) is 4.24. The van der Waals surface area contributed by atoms with E-state index in [0.717, 1.165) is 13.1 Å². The Morgan fingerprint density at radius 1 is 1.22 bits per heavy atom. The number of carbonyl (C=O) groups excluding carboxylic acids is 2. The van der Waals surface area contributed by atoms with Gasteiger partial charge in [-0.1, -0.05) is 19.9 Å². The van der Waals surface area contributed by atoms with Gasteiger partial charge in [-0.05, 0) is 18.6 Å². The van der Waals surface area contributed by atoms with Gasteiger partial charge in [0.1, 0.15) is 11.4 Å². The standard InChI is InChI=1S/C20H27N3O4/c1-12-8-13(2)10-23(9-12)11-16(24)22-18-17-14(6-5-7-15(17)26-3)21-19(18)20(25)27-4/h5-7,12-13,21H,8-11H2,1-4H3,(H,22,24)/p+1/t12-,13+. The summed E-state index contributed by atoms with van der Waals surface area (Å²) in [7, 11) is 2.88. The molecule has 3 atom stereocenters. The summed E-state index contributed by atoms with van der Waals surface area (Å²) < 4.78 is 10.3. The topological polar surface area (TPSA) is 84.9 Å². The lowest BCUT2D eigenvalue weighted by Crippen LogP contribution is -3.15. The molecule has 146 valence electrons. The number of carbonyl (C=O) groups is 2. The van der Waals surface area contributed by atoms with Crippen LogP contribution in [0.15, 0.2) is 18.2 Å². The zero-order valence-electron chi connectivity index (χ0n) is 16.3. The monoisotopic (exact) mass is 374 g/mol. The fraction of sp³-hybridized carbons (Fsp3) is 0.500. The number of rotatable bonds is 5. The number of H-pyrrole nitrogens is 1. The molecule has 1 aromatic carbocycles. The number of esters is 1. The Labute approximate surface area is 159 Å². The highest BCUT2D eigenvalue weighted by atomic mass is 16.5. The highest BCUT2D eigenvalue weighted by Gasteiger charge is 2.28. The maximum absolute atomic E-state index is 12.8. The van der Waals surface area contributed by atoms with Gasteiger partial charge in [-0.15, -0.1) is 0 Å². The van der Waals surface area contributed by atoms with Crippen LogP contribution in [0.3, 0.4) is 0 Å². The summed E-state index contributed by atoms with van der Waals surface area (Å²) in [4.78, 5) is 29.3. The Kier molecular flexibility index (Phi) is 5.70. The van der Waals surface area contributed by atoms with E-state index in [9.17, 15) is 9.59 Å². The number of ether oxygens (including phenoxy) is 2. The van der Waals surface area contributed by atoms with E-state index in [1.54, 1.807) is 13.2 Å². The molecule has 1 unspecified atom stereocenters. The van der Waals surface area contributed by atoms with Crippen LogP contribution in [0.2, 0.25) is 0 Å². The number of nitrogens with one attached hydrogen (secondary N) is 3. The van der Waals surface area contributed by atoms with Crippen molar-refractivity contribution < 1.29 is 24.0 Å². The normalized spacial score (nSPS) is 22.4. The molecule has 2 heterocycles. The van der Waals surface area contributed by atoms with E-state index in [0.29, 0.717) is 40.7 Å². The summed E-state index contributed by atoms with van der Waals surface area (Å²) in [6.45, 7) is 6.80. The summed E-state index contributed by atoms with van der Waals surface area (Å²) in [5, 5.41) is 3.60. The molecule has 1 fully saturated rings. The van der Waals surface area contributed by atoms with Gasteiger partial charge in [0.2, 0.25) is 0 Å². The predicted molar refractivity (Wildman–Crippen MR) is 103 cm³/mol. The molecule has 2 aromatic rings. The van der Waals surface area contributed by atoms with Crippen molar-refractivity contribution in [2.45, 2.75) is 20.3 Å². The Balaban J connectivity index is 1.88. The number of quaternary nitrogens is 1. The van der Waals surface area contributed by atoms with E-state index in [1.807, 2.05) is 12.1 Å². The zero-order valence-corrected chi connectivity index (χ0v) is 16.3. The molecule has 0 saturated carbocycles. The molecule has 1 aliphatic heterocycles. The van der Waals surface area contributed by atoms with E-state index in [-0.39, 0.29) is 11.6 Å². The third-order valence-corrected chi connectivity index (χ3v) is 5.15. The molecular weight excluding hydrogens is 346 g/mol. The van der Waals surface area contributed by atoms with Gasteiger partial charge in [0.25, 0.3) is 5.91 Å². The first-order valence-corrected chi connectivity index (χ1v) is 9.33. The number of hydrogen-bond acceptors (Lipinski definition) is 4. The van der Waals surface area contributed by atoms with E-state index in [4.69, 9.17) is 9.47 Å². The Bertz CT molecular complexity index is 835. The van der Waals surface area contributed by atoms with Crippen molar-refractivity contribution in [3.05, 3.63) is 23.9 Å². The number of methoxy groups -OCH3 is 2. The maximum Gasteiger partial charge on any atom is 0.356 e. The van der Waals surface area contributed by atoms with Gasteiger partial charge in [0.05, 0.1) is 43.9 Å². The average molecular weight is 374 g/mol. The van der Waals surface area contributed by atoms with E-state index in [2.05, 4.69) is 24.1 Å². The number of amides is 1. The molecule has 1 saturated heterocycles. The number of fused-ring (bicyclic) bond motifs is 1. The summed E-state index contributed by atoms with van der Waals surface area (Å²) >= 11 is 0. The van der Waals surface area contributed by atoms with E-state index < -0.39 is 5.97 Å². The van der Waals surface area contributed by atoms with Crippen LogP contribution < -0.4 is 15.0 Å². The minimum Gasteiger partial charge on any atom is -0.496 e. The minimum atomic E-state index is -0.531. The molecule has 7 nitrogen and oxygen atoms in total. The highest BCUT2D eigenvalue weighted by molar-refractivity contribution is 6.13. The Morgan fingerprint density at radius 2 is 1.93 bits per heavy atom. The molecule has 3 rings (SSSR count). The molecule has 3 N–H and O–H groups in total. The maximum atomic E-state index is 12.8. The van der Waals surface area contributed by atoms with Crippen molar-refractivity contribution in [3.63, 3.8) is 0 Å². The first-order chi connectivity index (χ1) is 12.9. The second-order valence-corrected chi connectivity index (χ2v) is 7.58. The molecule has 7 heteroatoms. The van der Waals surface area contributed by atoms with Gasteiger partial charge in [-0.2, -0.15) is 0 Å². The largest absolute Gasteiger partial charge is 0.496 e. The third kappa shape index (κ3) is 4.08. The number of aromatic nitrogens is 1. The van der Waals surface area contributed by atoms with Crippen molar-refractivity contribution in [1.82, 2.24) is 4.98 Å². The van der Waals surface area contributed by atoms with Crippen LogP contribution in [0.4, 0.5) is 5.69 Å². The summed E-state index contributed by atoms with van der Waals surface area (Å²) in [6.07, 6.45) is 1.21. The van der Waals surface area contributed by atoms with Crippen LogP contribution >= 0.6 is 0 Å². The van der Waals surface area contributed by atoms with Gasteiger partial charge in [0, 0.05) is 11.8 Å². The van der Waals surface area contributed by atoms with Gasteiger partial charge >= 0.3 is 5.97 Å². The zero-order chi connectivity index (χ0) is 19.6. The van der Waals surface area contributed by atoms with Gasteiger partial charge in [0.15, 0.2) is 6.54 Å². The number of hydrogen-bond donors (Lipinski definition) is 3. The number of likely N-dealkylation sites (tertiary alicyclic amines) is 1. The lowest BCUT2D eigenvalue weighted by atomic mass is 9.92. The van der Waals surface area contributed by atoms with Crippen molar-refractivity contribution in [1.29, 1.82) is 0 Å². The second-order valence-electron chi connectivity index (χ2n) is 7.58. The van der Waals surface area contributed by atoms with Crippen LogP contribution in [-0.4, -0.2) is 50.7 Å². The lowest BCUT2D eigenvalue weighted by Gasteiger charge is -2.31. The van der Waals surface area contributed by atoms with Gasteiger partial charge in [-0.3, -0.25) is 4.79 Å². The van der Waals surface area contributed by atoms with E-state index >= 15 is 0 Å². The number of anilines is 1. The van der Waals surface area contributed by atoms with Crippen LogP contribution in [0.1, 0.15) is 30.8 Å². The highest BCUT2D eigenvalue weighted by Crippen LogP contribution is 2.35. The smallest absolute Gasteiger partial charge is 0.356 e. The van der Waals surface area contributed by atoms with Gasteiger partial charge in [-0.25, -0.2) is 4.79 Å². The van der Waals surface area contributed by atoms with Crippen LogP contribution in [0, 0.1) is 11.8 Å². The Morgan fingerprint density at radius 3 is 2.56 bits per heavy atom. The van der Waals surface area contributed by atoms with Crippen molar-refractivity contribution >= 4 is 28.5 Å². The lowest BCUT2D eigenvalue weighted by molar-refractivity contribution is -0.904. The second kappa shape index (κ2) is 8.00. The summed E-state index contributed by atoms with van der Waals surface area (Å²) in [5.41, 5.74) is 1.34. The Hall–Kier alpha value is -2.54. The SMILES string of the molecule is COC(=O)c1[nH]c2cccc(OC)c2c1NC(=O)C[NH+]1C[C@H](C)C[C@H](C)C1. The molecule has 27 heavy (non-hydrogen) atoms. The van der Waals surface area contributed by atoms with E-state index in [1.165, 1.54) is 18.4 Å². The predicted octanol–water partition coefficient (Wildman–Crippen LogP) is 1.46. The van der Waals surface area contributed by atoms with Gasteiger partial charge < -0.3 is 24.7 Å². The molecule has 0 spiro atoms. The number of benzene rings is 1. The molecule has 0 bridgehead atoms. The molecule has 1 amide bonds. The van der Waals surface area contributed by atoms with Crippen LogP contribution in [0.25, 0.3) is 10.9 Å². The third-order valence-electron chi connectivity index (χ3n) is 5.15. The van der Waals surface area contributed by atoms with Crippen LogP contribution in [-0.2, 0) is 9.53 Å². The van der Waals surface area contributed by atoms with Crippen molar-refractivity contribution in [3.8, 4) is 5.75 Å². The molecule has 1 aliphatic rings. The molecule has 0 aliphatic carbocycles. The minimum absolute atomic E-state index is 0.122. The molecular formula is C20H28N3O4+. The number of aromatic amines is 1. The fourth-order valence-corrected chi connectivity index (χ4v) is 4.24. The van der Waals surface area contributed by atoms with Crippen molar-refractivity contribution in [2.24, 2.45) is 11.8 Å². The summed E-state index contributed by atoms with van der Waals surface area (Å²) in [6, 6.07) is 5.45. The summed E-state index contributed by atoms with van der Waals surface area (Å²) in [5.74, 6) is 1.15. The van der Waals surface area contributed by atoms with Crippen molar-refractivity contribution in [2.75, 3.05) is 39.2 Å². The number of piperidine rings is 1. The first kappa shape index (κ1) is 19.2. The average Bonchev–Trinajstić information content (AvgIpc) is 2.98. The first-order valence-electron chi connectivity index (χ1n) is 9.33. The quantitative estimate of drug-likeness (QED) is 0.692. The van der Waals surface area contributed by atoms with Crippen LogP contribution in [0.5, 0.6) is 5.75 Å².